The lowest BCUT2D eigenvalue weighted by Gasteiger charge is -2.24. The third-order valence-electron chi connectivity index (χ3n) is 10.1. The van der Waals surface area contributed by atoms with E-state index in [1.54, 1.807) is 24.1 Å². The van der Waals surface area contributed by atoms with Crippen molar-refractivity contribution in [2.24, 2.45) is 23.7 Å². The summed E-state index contributed by atoms with van der Waals surface area (Å²) >= 11 is 0. The predicted octanol–water partition coefficient (Wildman–Crippen LogP) is 10.8. The van der Waals surface area contributed by atoms with Gasteiger partial charge >= 0.3 is 0 Å². The molecule has 0 amide bonds. The van der Waals surface area contributed by atoms with Crippen molar-refractivity contribution in [3.8, 4) is 5.75 Å². The summed E-state index contributed by atoms with van der Waals surface area (Å²) in [5, 5.41) is 9.01. The molecule has 3 aliphatic rings. The molecule has 6 unspecified atom stereocenters. The Morgan fingerprint density at radius 3 is 1.50 bits per heavy atom. The molecular weight excluding hydrogens is 436 g/mol. The van der Waals surface area contributed by atoms with Crippen LogP contribution in [0.1, 0.15) is 140 Å². The van der Waals surface area contributed by atoms with E-state index in [0.717, 1.165) is 36.0 Å². The van der Waals surface area contributed by atoms with Crippen molar-refractivity contribution >= 4 is 0 Å². The number of fused-ring (bicyclic) bond motifs is 2. The largest absolute Gasteiger partial charge is 0.508 e. The van der Waals surface area contributed by atoms with Gasteiger partial charge < -0.3 is 5.11 Å². The molecule has 2 aromatic carbocycles. The third kappa shape index (κ3) is 7.87. The van der Waals surface area contributed by atoms with Crippen LogP contribution >= 0.6 is 0 Å². The fourth-order valence-electron chi connectivity index (χ4n) is 6.67. The molecule has 2 aromatic rings. The van der Waals surface area contributed by atoms with Gasteiger partial charge in [0.05, 0.1) is 0 Å². The van der Waals surface area contributed by atoms with Gasteiger partial charge in [-0.25, -0.2) is 0 Å². The molecule has 0 aromatic heterocycles. The van der Waals surface area contributed by atoms with E-state index in [4.69, 9.17) is 5.11 Å². The van der Waals surface area contributed by atoms with Crippen LogP contribution in [-0.4, -0.2) is 5.11 Å². The van der Waals surface area contributed by atoms with E-state index in [2.05, 4.69) is 65.8 Å². The van der Waals surface area contributed by atoms with Gasteiger partial charge in [0.1, 0.15) is 5.75 Å². The fourth-order valence-corrected chi connectivity index (χ4v) is 6.67. The fraction of sp³-hybridized carbons (Fsp3) is 0.657. The molecule has 1 N–H and O–H groups in total. The molecule has 1 nitrogen and oxygen atoms in total. The monoisotopic (exact) mass is 490 g/mol. The van der Waals surface area contributed by atoms with Crippen LogP contribution in [0.2, 0.25) is 0 Å². The average molecular weight is 491 g/mol. The van der Waals surface area contributed by atoms with Crippen LogP contribution in [-0.2, 0) is 0 Å². The standard InChI is InChI=1S/C16H24.C10H14O.C9H16/c1-3-13(2)14-9-11-16(12-10-14)15-7-5-4-6-8-15;1-3-8(2)9-4-6-10(11)7-5-9;1-6-7(2)9-4-3-8(6)5-9/h9-13,15H,3-8H2,1-2H3;4-8,11H,3H2,1-2H3;6-9H,3-5H2,1-2H3. The number of hydrogen-bond donors (Lipinski definition) is 1. The summed E-state index contributed by atoms with van der Waals surface area (Å²) in [4.78, 5) is 0. The van der Waals surface area contributed by atoms with Crippen LogP contribution < -0.4 is 0 Å². The number of aromatic hydroxyl groups is 1. The summed E-state index contributed by atoms with van der Waals surface area (Å²) in [7, 11) is 0. The molecule has 3 aliphatic carbocycles. The van der Waals surface area contributed by atoms with Crippen molar-refractivity contribution in [3.63, 3.8) is 0 Å². The Labute approximate surface area is 223 Å². The van der Waals surface area contributed by atoms with E-state index in [1.165, 1.54) is 62.5 Å². The molecule has 3 fully saturated rings. The molecule has 36 heavy (non-hydrogen) atoms. The van der Waals surface area contributed by atoms with E-state index >= 15 is 0 Å². The molecule has 0 aliphatic heterocycles. The molecule has 2 bridgehead atoms. The SMILES string of the molecule is CC1C2CCC(C2)C1C.CCC(C)c1ccc(C2CCCCC2)cc1.CCC(C)c1ccc(O)cc1. The van der Waals surface area contributed by atoms with E-state index in [9.17, 15) is 0 Å². The van der Waals surface area contributed by atoms with Gasteiger partial charge in [-0.15, -0.1) is 0 Å². The van der Waals surface area contributed by atoms with Crippen molar-refractivity contribution < 1.29 is 5.11 Å². The van der Waals surface area contributed by atoms with Crippen LogP contribution in [0.25, 0.3) is 0 Å². The lowest BCUT2D eigenvalue weighted by Crippen LogP contribution is -2.15. The molecular formula is C35H54O. The highest BCUT2D eigenvalue weighted by molar-refractivity contribution is 5.28. The van der Waals surface area contributed by atoms with E-state index < -0.39 is 0 Å². The molecule has 1 heteroatoms. The van der Waals surface area contributed by atoms with Crippen LogP contribution in [0.4, 0.5) is 0 Å². The number of phenolic OH excluding ortho intramolecular Hbond substituents is 1. The quantitative estimate of drug-likeness (QED) is 0.442. The lowest BCUT2D eigenvalue weighted by molar-refractivity contribution is 0.259. The van der Waals surface area contributed by atoms with Crippen molar-refractivity contribution in [2.75, 3.05) is 0 Å². The molecule has 0 heterocycles. The summed E-state index contributed by atoms with van der Waals surface area (Å²) < 4.78 is 0. The van der Waals surface area contributed by atoms with Crippen molar-refractivity contribution in [1.82, 2.24) is 0 Å². The van der Waals surface area contributed by atoms with E-state index in [1.807, 2.05) is 12.1 Å². The van der Waals surface area contributed by atoms with Gasteiger partial charge in [0, 0.05) is 0 Å². The minimum atomic E-state index is 0.344. The molecule has 3 saturated carbocycles. The Kier molecular flexibility index (Phi) is 11.4. The Bertz CT molecular complexity index is 843. The minimum Gasteiger partial charge on any atom is -0.508 e. The topological polar surface area (TPSA) is 20.2 Å². The first-order chi connectivity index (χ1) is 17.3. The number of hydrogen-bond acceptors (Lipinski definition) is 1. The molecule has 0 spiro atoms. The van der Waals surface area contributed by atoms with Gasteiger partial charge in [-0.2, -0.15) is 0 Å². The molecule has 0 saturated heterocycles. The zero-order chi connectivity index (χ0) is 26.1. The normalized spacial score (nSPS) is 26.8. The summed E-state index contributed by atoms with van der Waals surface area (Å²) in [6, 6.07) is 16.9. The summed E-state index contributed by atoms with van der Waals surface area (Å²) in [5.74, 6) is 6.82. The van der Waals surface area contributed by atoms with Gasteiger partial charge in [0.25, 0.3) is 0 Å². The Morgan fingerprint density at radius 2 is 1.11 bits per heavy atom. The van der Waals surface area contributed by atoms with Crippen molar-refractivity contribution in [2.45, 2.75) is 124 Å². The molecule has 5 rings (SSSR count). The van der Waals surface area contributed by atoms with Gasteiger partial charge in [-0.3, -0.25) is 0 Å². The van der Waals surface area contributed by atoms with Gasteiger partial charge in [0.2, 0.25) is 0 Å². The van der Waals surface area contributed by atoms with Crippen molar-refractivity contribution in [1.29, 1.82) is 0 Å². The highest BCUT2D eigenvalue weighted by Gasteiger charge is 2.42. The number of phenols is 1. The maximum absolute atomic E-state index is 9.01. The zero-order valence-corrected chi connectivity index (χ0v) is 24.2. The minimum absolute atomic E-state index is 0.344. The second-order valence-electron chi connectivity index (χ2n) is 12.3. The number of rotatable bonds is 5. The highest BCUT2D eigenvalue weighted by Crippen LogP contribution is 2.51. The average Bonchev–Trinajstić information content (AvgIpc) is 3.52. The second-order valence-corrected chi connectivity index (χ2v) is 12.3. The van der Waals surface area contributed by atoms with Crippen LogP contribution in [0.15, 0.2) is 48.5 Å². The van der Waals surface area contributed by atoms with Crippen LogP contribution in [0.3, 0.4) is 0 Å². The van der Waals surface area contributed by atoms with E-state index in [-0.39, 0.29) is 0 Å². The van der Waals surface area contributed by atoms with Crippen molar-refractivity contribution in [3.05, 3.63) is 65.2 Å². The summed E-state index contributed by atoms with van der Waals surface area (Å²) in [6.45, 7) is 13.8. The predicted molar refractivity (Wildman–Crippen MR) is 157 cm³/mol. The van der Waals surface area contributed by atoms with Crippen LogP contribution in [0, 0.1) is 23.7 Å². The molecule has 200 valence electrons. The first kappa shape index (κ1) is 28.8. The second kappa shape index (κ2) is 14.3. The first-order valence-corrected chi connectivity index (χ1v) is 15.2. The zero-order valence-electron chi connectivity index (χ0n) is 24.2. The third-order valence-corrected chi connectivity index (χ3v) is 10.1. The smallest absolute Gasteiger partial charge is 0.115 e. The molecule has 0 radical (unpaired) electrons. The lowest BCUT2D eigenvalue weighted by atomic mass is 9.82. The first-order valence-electron chi connectivity index (χ1n) is 15.2. The summed E-state index contributed by atoms with van der Waals surface area (Å²) in [6.07, 6.45) is 14.1. The van der Waals surface area contributed by atoms with Crippen LogP contribution in [0.5, 0.6) is 5.75 Å². The van der Waals surface area contributed by atoms with Gasteiger partial charge in [-0.1, -0.05) is 97.2 Å². The maximum atomic E-state index is 9.01. The van der Waals surface area contributed by atoms with Gasteiger partial charge in [-0.05, 0) is 115 Å². The van der Waals surface area contributed by atoms with Gasteiger partial charge in [0.15, 0.2) is 0 Å². The Morgan fingerprint density at radius 1 is 0.667 bits per heavy atom. The maximum Gasteiger partial charge on any atom is 0.115 e. The highest BCUT2D eigenvalue weighted by atomic mass is 16.3. The molecule has 6 atom stereocenters. The number of benzene rings is 2. The Balaban J connectivity index is 0.000000158. The Hall–Kier alpha value is -1.76. The van der Waals surface area contributed by atoms with E-state index in [0.29, 0.717) is 17.6 Å². The summed E-state index contributed by atoms with van der Waals surface area (Å²) in [5.41, 5.74) is 4.37.